The molecule has 0 aromatic heterocycles. The van der Waals surface area contributed by atoms with Gasteiger partial charge in [0.05, 0.1) is 4.90 Å². The molecule has 1 aromatic rings. The second-order valence-corrected chi connectivity index (χ2v) is 5.18. The fraction of sp³-hybridized carbons (Fsp3) is 0.400. The molecule has 0 unspecified atom stereocenters. The van der Waals surface area contributed by atoms with E-state index in [1.54, 1.807) is 6.92 Å². The predicted molar refractivity (Wildman–Crippen MR) is 58.6 cm³/mol. The van der Waals surface area contributed by atoms with Gasteiger partial charge >= 0.3 is 6.36 Å². The molecular weight excluding hydrogens is 271 g/mol. The molecule has 0 fully saturated rings. The Hall–Kier alpha value is -1.28. The first-order chi connectivity index (χ1) is 8.24. The number of halogens is 3. The van der Waals surface area contributed by atoms with Crippen molar-refractivity contribution in [3.05, 3.63) is 24.3 Å². The molecule has 1 rings (SSSR count). The summed E-state index contributed by atoms with van der Waals surface area (Å²) in [6.07, 6.45) is -4.17. The van der Waals surface area contributed by atoms with Crippen LogP contribution < -0.4 is 9.46 Å². The summed E-state index contributed by atoms with van der Waals surface area (Å²) in [5.41, 5.74) is 0. The highest BCUT2D eigenvalue weighted by atomic mass is 32.2. The molecular formula is C10H12F3NO3S. The number of hydrogen-bond acceptors (Lipinski definition) is 3. The molecule has 0 amide bonds. The van der Waals surface area contributed by atoms with Gasteiger partial charge in [0, 0.05) is 6.54 Å². The lowest BCUT2D eigenvalue weighted by Crippen LogP contribution is -2.24. The van der Waals surface area contributed by atoms with Gasteiger partial charge in [0.15, 0.2) is 0 Å². The van der Waals surface area contributed by atoms with Crippen LogP contribution in [0.2, 0.25) is 0 Å². The molecule has 0 atom stereocenters. The van der Waals surface area contributed by atoms with Gasteiger partial charge in [-0.25, -0.2) is 13.1 Å². The van der Waals surface area contributed by atoms with Crippen LogP contribution in [0, 0.1) is 0 Å². The number of sulfonamides is 1. The Labute approximate surface area is 103 Å². The first-order valence-electron chi connectivity index (χ1n) is 5.10. The average Bonchev–Trinajstić information content (AvgIpc) is 2.25. The van der Waals surface area contributed by atoms with E-state index in [4.69, 9.17) is 0 Å². The fourth-order valence-corrected chi connectivity index (χ4v) is 2.27. The Morgan fingerprint density at radius 1 is 1.22 bits per heavy atom. The summed E-state index contributed by atoms with van der Waals surface area (Å²) in [6, 6.07) is 4.01. The molecule has 0 heterocycles. The zero-order chi connectivity index (χ0) is 13.8. The number of rotatable bonds is 5. The van der Waals surface area contributed by atoms with Crippen LogP contribution in [-0.4, -0.2) is 21.3 Å². The number of alkyl halides is 3. The molecule has 0 saturated carbocycles. The fourth-order valence-electron chi connectivity index (χ4n) is 1.14. The minimum Gasteiger partial charge on any atom is -0.406 e. The summed E-state index contributed by atoms with van der Waals surface area (Å²) in [7, 11) is -3.67. The second kappa shape index (κ2) is 5.57. The van der Waals surface area contributed by atoms with Crippen LogP contribution in [0.3, 0.4) is 0 Å². The first kappa shape index (κ1) is 14.8. The largest absolute Gasteiger partial charge is 0.573 e. The summed E-state index contributed by atoms with van der Waals surface area (Å²) in [6.45, 7) is 2.06. The van der Waals surface area contributed by atoms with Crippen LogP contribution in [0.5, 0.6) is 5.75 Å². The molecule has 0 saturated heterocycles. The van der Waals surface area contributed by atoms with E-state index >= 15 is 0 Å². The maximum Gasteiger partial charge on any atom is 0.573 e. The SMILES string of the molecule is CCCNS(=O)(=O)c1ccc(OC(F)(F)F)cc1. The number of ether oxygens (including phenoxy) is 1. The third kappa shape index (κ3) is 4.53. The van der Waals surface area contributed by atoms with Gasteiger partial charge in [0.2, 0.25) is 10.0 Å². The van der Waals surface area contributed by atoms with Gasteiger partial charge in [-0.3, -0.25) is 0 Å². The molecule has 0 radical (unpaired) electrons. The molecule has 0 aliphatic rings. The molecule has 102 valence electrons. The first-order valence-corrected chi connectivity index (χ1v) is 6.58. The van der Waals surface area contributed by atoms with Gasteiger partial charge in [-0.2, -0.15) is 0 Å². The Morgan fingerprint density at radius 3 is 2.22 bits per heavy atom. The van der Waals surface area contributed by atoms with Crippen molar-refractivity contribution in [2.45, 2.75) is 24.6 Å². The van der Waals surface area contributed by atoms with E-state index in [9.17, 15) is 21.6 Å². The Bertz CT molecular complexity index is 482. The van der Waals surface area contributed by atoms with Crippen molar-refractivity contribution >= 4 is 10.0 Å². The van der Waals surface area contributed by atoms with Crippen molar-refractivity contribution in [2.24, 2.45) is 0 Å². The number of nitrogens with one attached hydrogen (secondary N) is 1. The highest BCUT2D eigenvalue weighted by Crippen LogP contribution is 2.23. The van der Waals surface area contributed by atoms with Crippen LogP contribution in [0.4, 0.5) is 13.2 Å². The van der Waals surface area contributed by atoms with Gasteiger partial charge in [0.1, 0.15) is 5.75 Å². The Kier molecular flexibility index (Phi) is 4.58. The normalized spacial score (nSPS) is 12.4. The summed E-state index contributed by atoms with van der Waals surface area (Å²) < 4.78 is 64.8. The van der Waals surface area contributed by atoms with Crippen molar-refractivity contribution < 1.29 is 26.3 Å². The predicted octanol–water partition coefficient (Wildman–Crippen LogP) is 2.27. The maximum atomic E-state index is 11.9. The van der Waals surface area contributed by atoms with Crippen LogP contribution >= 0.6 is 0 Å². The van der Waals surface area contributed by atoms with Crippen LogP contribution in [-0.2, 0) is 10.0 Å². The lowest BCUT2D eigenvalue weighted by molar-refractivity contribution is -0.274. The molecule has 1 aromatic carbocycles. The smallest absolute Gasteiger partial charge is 0.406 e. The Morgan fingerprint density at radius 2 is 1.78 bits per heavy atom. The van der Waals surface area contributed by atoms with E-state index in [0.717, 1.165) is 24.3 Å². The molecule has 0 bridgehead atoms. The van der Waals surface area contributed by atoms with E-state index in [1.165, 1.54) is 0 Å². The van der Waals surface area contributed by atoms with Crippen LogP contribution in [0.1, 0.15) is 13.3 Å². The Balaban J connectivity index is 2.83. The molecule has 4 nitrogen and oxygen atoms in total. The second-order valence-electron chi connectivity index (χ2n) is 3.42. The standard InChI is InChI=1S/C10H12F3NO3S/c1-2-7-14-18(15,16)9-5-3-8(4-6-9)17-10(11,12)13/h3-6,14H,2,7H2,1H3. The lowest BCUT2D eigenvalue weighted by atomic mass is 10.3. The van der Waals surface area contributed by atoms with Gasteiger partial charge in [-0.05, 0) is 30.7 Å². The molecule has 0 aliphatic heterocycles. The third-order valence-electron chi connectivity index (χ3n) is 1.91. The highest BCUT2D eigenvalue weighted by molar-refractivity contribution is 7.89. The molecule has 0 aliphatic carbocycles. The van der Waals surface area contributed by atoms with E-state index in [-0.39, 0.29) is 11.4 Å². The van der Waals surface area contributed by atoms with Gasteiger partial charge < -0.3 is 4.74 Å². The van der Waals surface area contributed by atoms with Crippen LogP contribution in [0.15, 0.2) is 29.2 Å². The van der Waals surface area contributed by atoms with Crippen molar-refractivity contribution in [3.63, 3.8) is 0 Å². The summed E-state index contributed by atoms with van der Waals surface area (Å²) in [4.78, 5) is -0.106. The number of hydrogen-bond donors (Lipinski definition) is 1. The van der Waals surface area contributed by atoms with Crippen molar-refractivity contribution in [1.29, 1.82) is 0 Å². The van der Waals surface area contributed by atoms with Crippen molar-refractivity contribution in [2.75, 3.05) is 6.54 Å². The van der Waals surface area contributed by atoms with E-state index in [1.807, 2.05) is 0 Å². The maximum absolute atomic E-state index is 11.9. The molecule has 0 spiro atoms. The number of benzene rings is 1. The molecule has 8 heteroatoms. The summed E-state index contributed by atoms with van der Waals surface area (Å²) in [5.74, 6) is -0.461. The zero-order valence-corrected chi connectivity index (χ0v) is 10.3. The minimum absolute atomic E-state index is 0.106. The van der Waals surface area contributed by atoms with E-state index in [0.29, 0.717) is 6.42 Å². The van der Waals surface area contributed by atoms with Gasteiger partial charge in [0.25, 0.3) is 0 Å². The molecule has 1 N–H and O–H groups in total. The zero-order valence-electron chi connectivity index (χ0n) is 9.49. The van der Waals surface area contributed by atoms with E-state index < -0.39 is 22.1 Å². The summed E-state index contributed by atoms with van der Waals surface area (Å²) >= 11 is 0. The quantitative estimate of drug-likeness (QED) is 0.902. The molecule has 18 heavy (non-hydrogen) atoms. The summed E-state index contributed by atoms with van der Waals surface area (Å²) in [5, 5.41) is 0. The topological polar surface area (TPSA) is 55.4 Å². The third-order valence-corrected chi connectivity index (χ3v) is 3.39. The highest BCUT2D eigenvalue weighted by Gasteiger charge is 2.31. The minimum atomic E-state index is -4.79. The van der Waals surface area contributed by atoms with E-state index in [2.05, 4.69) is 9.46 Å². The van der Waals surface area contributed by atoms with Crippen molar-refractivity contribution in [1.82, 2.24) is 4.72 Å². The van der Waals surface area contributed by atoms with Crippen LogP contribution in [0.25, 0.3) is 0 Å². The monoisotopic (exact) mass is 283 g/mol. The van der Waals surface area contributed by atoms with Gasteiger partial charge in [-0.15, -0.1) is 13.2 Å². The lowest BCUT2D eigenvalue weighted by Gasteiger charge is -2.09. The van der Waals surface area contributed by atoms with Gasteiger partial charge in [-0.1, -0.05) is 6.92 Å². The van der Waals surface area contributed by atoms with Crippen molar-refractivity contribution in [3.8, 4) is 5.75 Å². The average molecular weight is 283 g/mol.